The molecule has 1 aliphatic rings. The Bertz CT molecular complexity index is 156. The van der Waals surface area contributed by atoms with Gasteiger partial charge in [-0.15, -0.1) is 0 Å². The zero-order chi connectivity index (χ0) is 11.1. The van der Waals surface area contributed by atoms with Gasteiger partial charge in [-0.2, -0.15) is 0 Å². The van der Waals surface area contributed by atoms with Crippen molar-refractivity contribution in [2.75, 3.05) is 32.8 Å². The highest BCUT2D eigenvalue weighted by molar-refractivity contribution is 4.78. The lowest BCUT2D eigenvalue weighted by Crippen LogP contribution is -2.46. The Morgan fingerprint density at radius 1 is 1.33 bits per heavy atom. The Balaban J connectivity index is 2.12. The van der Waals surface area contributed by atoms with E-state index in [1.807, 2.05) is 6.92 Å². The summed E-state index contributed by atoms with van der Waals surface area (Å²) < 4.78 is 5.41. The Labute approximate surface area is 94.2 Å². The highest BCUT2D eigenvalue weighted by atomic mass is 16.5. The third kappa shape index (κ3) is 4.96. The molecule has 1 N–H and O–H groups in total. The smallest absolute Gasteiger partial charge is 0.0616 e. The maximum absolute atomic E-state index is 5.41. The van der Waals surface area contributed by atoms with Gasteiger partial charge < -0.3 is 15.0 Å². The van der Waals surface area contributed by atoms with Gasteiger partial charge in [-0.1, -0.05) is 6.92 Å². The average Bonchev–Trinajstić information content (AvgIpc) is 2.27. The monoisotopic (exact) mass is 214 g/mol. The van der Waals surface area contributed by atoms with E-state index < -0.39 is 0 Å². The summed E-state index contributed by atoms with van der Waals surface area (Å²) in [5.41, 5.74) is 0. The van der Waals surface area contributed by atoms with E-state index >= 15 is 0 Å². The van der Waals surface area contributed by atoms with Crippen LogP contribution in [0.3, 0.4) is 0 Å². The van der Waals surface area contributed by atoms with Crippen molar-refractivity contribution in [3.8, 4) is 0 Å². The maximum Gasteiger partial charge on any atom is 0.0616 e. The minimum absolute atomic E-state index is 0.489. The molecule has 0 saturated carbocycles. The summed E-state index contributed by atoms with van der Waals surface area (Å²) in [6.45, 7) is 11.8. The molecule has 3 nitrogen and oxygen atoms in total. The summed E-state index contributed by atoms with van der Waals surface area (Å²) in [4.78, 5) is 2.52. The van der Waals surface area contributed by atoms with Gasteiger partial charge in [0.2, 0.25) is 0 Å². The summed E-state index contributed by atoms with van der Waals surface area (Å²) in [5.74, 6) is 0. The average molecular weight is 214 g/mol. The van der Waals surface area contributed by atoms with Gasteiger partial charge in [0, 0.05) is 18.7 Å². The van der Waals surface area contributed by atoms with Crippen LogP contribution in [0.1, 0.15) is 33.6 Å². The first-order valence-electron chi connectivity index (χ1n) is 6.32. The van der Waals surface area contributed by atoms with Crippen LogP contribution in [0.15, 0.2) is 0 Å². The largest absolute Gasteiger partial charge is 0.380 e. The fourth-order valence-corrected chi connectivity index (χ4v) is 2.16. The molecule has 0 spiro atoms. The van der Waals surface area contributed by atoms with Crippen LogP contribution in [-0.2, 0) is 4.74 Å². The van der Waals surface area contributed by atoms with Gasteiger partial charge in [0.25, 0.3) is 0 Å². The summed E-state index contributed by atoms with van der Waals surface area (Å²) in [5, 5.41) is 3.65. The fourth-order valence-electron chi connectivity index (χ4n) is 2.16. The molecule has 0 radical (unpaired) electrons. The minimum atomic E-state index is 0.489. The summed E-state index contributed by atoms with van der Waals surface area (Å²) in [6, 6.07) is 1.19. The van der Waals surface area contributed by atoms with E-state index in [1.165, 1.54) is 32.5 Å². The third-order valence-corrected chi connectivity index (χ3v) is 3.13. The van der Waals surface area contributed by atoms with Gasteiger partial charge in [0.1, 0.15) is 0 Å². The first kappa shape index (κ1) is 12.9. The summed E-state index contributed by atoms with van der Waals surface area (Å²) >= 11 is 0. The SMILES string of the molecule is CCOCC(C)NC1CCN(CC)CC1. The number of rotatable bonds is 6. The number of hydrogen-bond acceptors (Lipinski definition) is 3. The van der Waals surface area contributed by atoms with Crippen LogP contribution in [0, 0.1) is 0 Å². The molecule has 0 aromatic carbocycles. The molecule has 0 aromatic rings. The number of ether oxygens (including phenoxy) is 1. The molecular weight excluding hydrogens is 188 g/mol. The van der Waals surface area contributed by atoms with E-state index in [2.05, 4.69) is 24.1 Å². The molecule has 1 fully saturated rings. The van der Waals surface area contributed by atoms with E-state index in [0.717, 1.165) is 13.2 Å². The first-order chi connectivity index (χ1) is 7.26. The van der Waals surface area contributed by atoms with Crippen LogP contribution < -0.4 is 5.32 Å². The highest BCUT2D eigenvalue weighted by Gasteiger charge is 2.18. The minimum Gasteiger partial charge on any atom is -0.380 e. The maximum atomic E-state index is 5.41. The lowest BCUT2D eigenvalue weighted by Gasteiger charge is -2.33. The van der Waals surface area contributed by atoms with Crippen LogP contribution in [0.5, 0.6) is 0 Å². The molecule has 0 bridgehead atoms. The molecule has 3 heteroatoms. The molecule has 1 aliphatic heterocycles. The van der Waals surface area contributed by atoms with Crippen molar-refractivity contribution in [2.45, 2.75) is 45.7 Å². The van der Waals surface area contributed by atoms with Gasteiger partial charge in [-0.3, -0.25) is 0 Å². The second-order valence-corrected chi connectivity index (χ2v) is 4.44. The molecule has 1 saturated heterocycles. The number of nitrogens with one attached hydrogen (secondary N) is 1. The second kappa shape index (κ2) is 7.20. The Morgan fingerprint density at radius 2 is 2.00 bits per heavy atom. The van der Waals surface area contributed by atoms with Gasteiger partial charge >= 0.3 is 0 Å². The second-order valence-electron chi connectivity index (χ2n) is 4.44. The van der Waals surface area contributed by atoms with Crippen molar-refractivity contribution in [1.82, 2.24) is 10.2 Å². The van der Waals surface area contributed by atoms with Crippen molar-refractivity contribution in [3.63, 3.8) is 0 Å². The lowest BCUT2D eigenvalue weighted by atomic mass is 10.0. The summed E-state index contributed by atoms with van der Waals surface area (Å²) in [7, 11) is 0. The predicted molar refractivity (Wildman–Crippen MR) is 64.2 cm³/mol. The van der Waals surface area contributed by atoms with E-state index in [4.69, 9.17) is 4.74 Å². The zero-order valence-electron chi connectivity index (χ0n) is 10.5. The molecule has 15 heavy (non-hydrogen) atoms. The van der Waals surface area contributed by atoms with Gasteiger partial charge in [-0.05, 0) is 46.3 Å². The van der Waals surface area contributed by atoms with E-state index in [0.29, 0.717) is 12.1 Å². The van der Waals surface area contributed by atoms with E-state index in [9.17, 15) is 0 Å². The van der Waals surface area contributed by atoms with Crippen molar-refractivity contribution in [2.24, 2.45) is 0 Å². The molecule has 0 aromatic heterocycles. The third-order valence-electron chi connectivity index (χ3n) is 3.13. The van der Waals surface area contributed by atoms with Crippen LogP contribution in [0.2, 0.25) is 0 Å². The van der Waals surface area contributed by atoms with Crippen LogP contribution in [-0.4, -0.2) is 49.8 Å². The number of piperidine rings is 1. The highest BCUT2D eigenvalue weighted by Crippen LogP contribution is 2.10. The van der Waals surface area contributed by atoms with Crippen molar-refractivity contribution in [3.05, 3.63) is 0 Å². The number of hydrogen-bond donors (Lipinski definition) is 1. The molecule has 1 unspecified atom stereocenters. The van der Waals surface area contributed by atoms with Gasteiger partial charge in [-0.25, -0.2) is 0 Å². The number of nitrogens with zero attached hydrogens (tertiary/aromatic N) is 1. The van der Waals surface area contributed by atoms with Crippen molar-refractivity contribution < 1.29 is 4.74 Å². The fraction of sp³-hybridized carbons (Fsp3) is 1.00. The first-order valence-corrected chi connectivity index (χ1v) is 6.32. The quantitative estimate of drug-likeness (QED) is 0.725. The van der Waals surface area contributed by atoms with Crippen LogP contribution >= 0.6 is 0 Å². The van der Waals surface area contributed by atoms with Crippen molar-refractivity contribution in [1.29, 1.82) is 0 Å². The Kier molecular flexibility index (Phi) is 6.22. The van der Waals surface area contributed by atoms with E-state index in [-0.39, 0.29) is 0 Å². The topological polar surface area (TPSA) is 24.5 Å². The van der Waals surface area contributed by atoms with Crippen LogP contribution in [0.25, 0.3) is 0 Å². The van der Waals surface area contributed by atoms with Gasteiger partial charge in [0.15, 0.2) is 0 Å². The normalized spacial score (nSPS) is 21.8. The van der Waals surface area contributed by atoms with Crippen molar-refractivity contribution >= 4 is 0 Å². The molecule has 0 aliphatic carbocycles. The number of likely N-dealkylation sites (tertiary alicyclic amines) is 1. The Hall–Kier alpha value is -0.120. The zero-order valence-corrected chi connectivity index (χ0v) is 10.5. The summed E-state index contributed by atoms with van der Waals surface area (Å²) in [6.07, 6.45) is 2.56. The molecule has 90 valence electrons. The predicted octanol–water partition coefficient (Wildman–Crippen LogP) is 1.49. The van der Waals surface area contributed by atoms with Crippen LogP contribution in [0.4, 0.5) is 0 Å². The van der Waals surface area contributed by atoms with Gasteiger partial charge in [0.05, 0.1) is 6.61 Å². The van der Waals surface area contributed by atoms with E-state index in [1.54, 1.807) is 0 Å². The molecular formula is C12H26N2O. The molecule has 1 heterocycles. The molecule has 1 atom stereocenters. The lowest BCUT2D eigenvalue weighted by molar-refractivity contribution is 0.115. The Morgan fingerprint density at radius 3 is 2.53 bits per heavy atom. The standard InChI is InChI=1S/C12H26N2O/c1-4-14-8-6-12(7-9-14)13-11(3)10-15-5-2/h11-13H,4-10H2,1-3H3. The molecule has 0 amide bonds. The molecule has 1 rings (SSSR count).